The fourth-order valence-electron chi connectivity index (χ4n) is 1.29. The van der Waals surface area contributed by atoms with Crippen molar-refractivity contribution >= 4 is 31.2 Å². The van der Waals surface area contributed by atoms with Crippen LogP contribution < -0.4 is 5.73 Å². The summed E-state index contributed by atoms with van der Waals surface area (Å²) in [6, 6.07) is 3.48. The van der Waals surface area contributed by atoms with Crippen molar-refractivity contribution < 1.29 is 34.8 Å². The number of carboxylic acid groups (broad SMARTS) is 2. The number of carbonyl (C=O) groups is 3. The highest BCUT2D eigenvalue weighted by atomic mass is 32.1. The summed E-state index contributed by atoms with van der Waals surface area (Å²) in [5.41, 5.74) is 6.64. The highest BCUT2D eigenvalue weighted by Gasteiger charge is 2.29. The molecule has 0 spiro atoms. The minimum atomic E-state index is -2.27. The molecule has 0 radical (unpaired) electrons. The van der Waals surface area contributed by atoms with Crippen LogP contribution >= 0.6 is 13.5 Å². The summed E-state index contributed by atoms with van der Waals surface area (Å²) >= 11 is 0. The molecular weight excluding hydrogens is 340 g/mol. The van der Waals surface area contributed by atoms with Crippen LogP contribution in [-0.2, 0) is 14.4 Å². The summed E-state index contributed by atoms with van der Waals surface area (Å²) in [7, 11) is 0. The summed E-state index contributed by atoms with van der Waals surface area (Å²) in [5.74, 6) is -3.43. The molecule has 0 aliphatic rings. The van der Waals surface area contributed by atoms with E-state index in [9.17, 15) is 14.4 Å². The zero-order chi connectivity index (χ0) is 17.3. The molecule has 9 nitrogen and oxygen atoms in total. The molecule has 1 aromatic rings. The van der Waals surface area contributed by atoms with Crippen molar-refractivity contribution in [2.45, 2.75) is 39.0 Å². The average molecular weight is 364 g/mol. The lowest BCUT2D eigenvalue weighted by molar-refractivity contribution is -0.165. The number of aliphatic carboxylic acids is 2. The van der Waals surface area contributed by atoms with Crippen molar-refractivity contribution in [3.05, 3.63) is 30.1 Å². The first kappa shape index (κ1) is 26.9. The largest absolute Gasteiger partial charge is 0.479 e. The summed E-state index contributed by atoms with van der Waals surface area (Å²) in [6.07, 6.45) is -0.779. The number of hydrogen-bond acceptors (Lipinski definition) is 7. The quantitative estimate of drug-likeness (QED) is 0.454. The van der Waals surface area contributed by atoms with Crippen molar-refractivity contribution in [1.82, 2.24) is 4.98 Å². The number of Topliss-reactive ketones (excluding diaryl/α,β-unsaturated/α-hetero) is 1. The van der Waals surface area contributed by atoms with E-state index < -0.39 is 24.1 Å². The molecule has 0 saturated heterocycles. The smallest absolute Gasteiger partial charge is 0.335 e. The number of carboxylic acids is 2. The number of hydrogen-bond donors (Lipinski definition) is 5. The minimum Gasteiger partial charge on any atom is -0.479 e. The molecule has 3 atom stereocenters. The number of pyridine rings is 1. The standard InChI is InChI=1S/C9H12N2O.C4H6O6.CH4.H2S/c1-7(12)5-9(10)8-3-2-4-11-6-8;5-1(3(7)8)2(6)4(9)10;;/h2-4,6,9H,5,10H2,1H3;1-2,5-6H,(H,7,8)(H,9,10);1H4;1H2/t9-;1-,2+;;/m1.../s1. The van der Waals surface area contributed by atoms with Gasteiger partial charge in [-0.25, -0.2) is 9.59 Å². The first-order valence-electron chi connectivity index (χ1n) is 6.13. The van der Waals surface area contributed by atoms with Crippen LogP contribution in [0.4, 0.5) is 0 Å². The highest BCUT2D eigenvalue weighted by molar-refractivity contribution is 7.59. The third-order valence-corrected chi connectivity index (χ3v) is 2.43. The lowest BCUT2D eigenvalue weighted by Gasteiger charge is -2.07. The molecule has 0 fully saturated rings. The van der Waals surface area contributed by atoms with Gasteiger partial charge in [0.1, 0.15) is 5.78 Å². The van der Waals surface area contributed by atoms with E-state index in [1.165, 1.54) is 6.92 Å². The Balaban J connectivity index is -0.000000345. The van der Waals surface area contributed by atoms with Crippen LogP contribution in [0, 0.1) is 0 Å². The molecule has 6 N–H and O–H groups in total. The van der Waals surface area contributed by atoms with Gasteiger partial charge < -0.3 is 26.2 Å². The molecule has 138 valence electrons. The van der Waals surface area contributed by atoms with Crippen molar-refractivity contribution in [1.29, 1.82) is 0 Å². The van der Waals surface area contributed by atoms with Crippen LogP contribution in [0.1, 0.15) is 32.4 Å². The van der Waals surface area contributed by atoms with E-state index in [0.29, 0.717) is 6.42 Å². The van der Waals surface area contributed by atoms with E-state index in [4.69, 9.17) is 26.2 Å². The number of aromatic nitrogens is 1. The Labute approximate surface area is 146 Å². The third kappa shape index (κ3) is 10.7. The first-order chi connectivity index (χ1) is 10.2. The molecule has 0 aliphatic heterocycles. The summed E-state index contributed by atoms with van der Waals surface area (Å²) < 4.78 is 0. The van der Waals surface area contributed by atoms with Gasteiger partial charge >= 0.3 is 11.9 Å². The van der Waals surface area contributed by atoms with Gasteiger partial charge in [-0.2, -0.15) is 13.5 Å². The minimum absolute atomic E-state index is 0. The zero-order valence-electron chi connectivity index (χ0n) is 12.3. The van der Waals surface area contributed by atoms with Gasteiger partial charge in [0.15, 0.2) is 12.2 Å². The molecule has 0 bridgehead atoms. The number of rotatable bonds is 6. The van der Waals surface area contributed by atoms with E-state index in [-0.39, 0.29) is 32.7 Å². The molecule has 0 aliphatic carbocycles. The summed E-state index contributed by atoms with van der Waals surface area (Å²) in [6.45, 7) is 1.54. The van der Waals surface area contributed by atoms with Crippen LogP contribution in [0.15, 0.2) is 24.5 Å². The van der Waals surface area contributed by atoms with Crippen molar-refractivity contribution in [3.63, 3.8) is 0 Å². The second-order valence-corrected chi connectivity index (χ2v) is 4.37. The number of nitrogens with two attached hydrogens (primary N) is 1. The Hall–Kier alpha value is -2.01. The monoisotopic (exact) mass is 364 g/mol. The zero-order valence-corrected chi connectivity index (χ0v) is 13.3. The van der Waals surface area contributed by atoms with Crippen molar-refractivity contribution in [2.75, 3.05) is 0 Å². The van der Waals surface area contributed by atoms with Crippen LogP contribution in [0.5, 0.6) is 0 Å². The van der Waals surface area contributed by atoms with E-state index in [0.717, 1.165) is 5.56 Å². The number of aliphatic hydroxyl groups excluding tert-OH is 2. The molecular formula is C14H24N2O7S. The van der Waals surface area contributed by atoms with Gasteiger partial charge in [-0.3, -0.25) is 9.78 Å². The second-order valence-electron chi connectivity index (χ2n) is 4.37. The maximum atomic E-state index is 10.7. The number of carbonyl (C=O) groups excluding carboxylic acids is 1. The van der Waals surface area contributed by atoms with Gasteiger partial charge in [-0.1, -0.05) is 13.5 Å². The fourth-order valence-corrected chi connectivity index (χ4v) is 1.29. The maximum Gasteiger partial charge on any atom is 0.335 e. The molecule has 10 heteroatoms. The Morgan fingerprint density at radius 2 is 1.62 bits per heavy atom. The predicted molar refractivity (Wildman–Crippen MR) is 90.9 cm³/mol. The lowest BCUT2D eigenvalue weighted by Crippen LogP contribution is -2.39. The van der Waals surface area contributed by atoms with E-state index in [1.807, 2.05) is 12.1 Å². The topological polar surface area (TPSA) is 171 Å². The molecule has 0 unspecified atom stereocenters. The molecule has 24 heavy (non-hydrogen) atoms. The number of ketones is 1. The van der Waals surface area contributed by atoms with Crippen LogP contribution in [0.3, 0.4) is 0 Å². The highest BCUT2D eigenvalue weighted by Crippen LogP contribution is 2.11. The third-order valence-electron chi connectivity index (χ3n) is 2.43. The van der Waals surface area contributed by atoms with Gasteiger partial charge in [0.25, 0.3) is 0 Å². The Kier molecular flexibility index (Phi) is 15.0. The molecule has 0 saturated carbocycles. The van der Waals surface area contributed by atoms with E-state index in [1.54, 1.807) is 12.4 Å². The fraction of sp³-hybridized carbons (Fsp3) is 0.429. The number of aliphatic hydroxyl groups is 2. The van der Waals surface area contributed by atoms with Gasteiger partial charge in [0.2, 0.25) is 0 Å². The van der Waals surface area contributed by atoms with Gasteiger partial charge in [0, 0.05) is 24.9 Å². The molecule has 0 amide bonds. The molecule has 0 aromatic carbocycles. The Morgan fingerprint density at radius 1 is 1.17 bits per heavy atom. The average Bonchev–Trinajstić information content (AvgIpc) is 2.46. The van der Waals surface area contributed by atoms with Crippen LogP contribution in [-0.4, -0.2) is 55.3 Å². The van der Waals surface area contributed by atoms with Crippen molar-refractivity contribution in [3.8, 4) is 0 Å². The first-order valence-corrected chi connectivity index (χ1v) is 6.13. The van der Waals surface area contributed by atoms with Crippen LogP contribution in [0.25, 0.3) is 0 Å². The van der Waals surface area contributed by atoms with Gasteiger partial charge in [0.05, 0.1) is 0 Å². The molecule has 1 rings (SSSR count). The van der Waals surface area contributed by atoms with Gasteiger partial charge in [-0.15, -0.1) is 0 Å². The Morgan fingerprint density at radius 3 is 1.92 bits per heavy atom. The SMILES string of the molecule is C.CC(=O)C[C@@H](N)c1cccnc1.O=C(O)[C@@H](O)[C@@H](O)C(=O)O.S. The summed E-state index contributed by atoms with van der Waals surface area (Å²) in [4.78, 5) is 34.2. The maximum absolute atomic E-state index is 10.7. The predicted octanol–water partition coefficient (Wildman–Crippen LogP) is -0.313. The molecule has 1 heterocycles. The van der Waals surface area contributed by atoms with E-state index >= 15 is 0 Å². The molecule has 1 aromatic heterocycles. The van der Waals surface area contributed by atoms with Gasteiger partial charge in [-0.05, 0) is 18.6 Å². The second kappa shape index (κ2) is 13.4. The van der Waals surface area contributed by atoms with Crippen molar-refractivity contribution in [2.24, 2.45) is 5.73 Å². The lowest BCUT2D eigenvalue weighted by atomic mass is 10.1. The van der Waals surface area contributed by atoms with E-state index in [2.05, 4.69) is 4.98 Å². The summed E-state index contributed by atoms with van der Waals surface area (Å²) in [5, 5.41) is 32.5. The normalized spacial score (nSPS) is 12.8. The van der Waals surface area contributed by atoms with Crippen LogP contribution in [0.2, 0.25) is 0 Å². The number of nitrogens with zero attached hydrogens (tertiary/aromatic N) is 1. The Bertz CT molecular complexity index is 495.